The first-order valence-corrected chi connectivity index (χ1v) is 10.5. The molecule has 160 valence electrons. The number of amides is 2. The third-order valence-electron chi connectivity index (χ3n) is 4.86. The van der Waals surface area contributed by atoms with Crippen LogP contribution in [0.4, 0.5) is 4.39 Å². The van der Waals surface area contributed by atoms with Gasteiger partial charge in [-0.05, 0) is 51.8 Å². The number of hydrogen-bond acceptors (Lipinski definition) is 4. The highest BCUT2D eigenvalue weighted by molar-refractivity contribution is 9.10. The first kappa shape index (κ1) is 22.1. The summed E-state index contributed by atoms with van der Waals surface area (Å²) < 4.78 is 25.0. The van der Waals surface area contributed by atoms with Crippen LogP contribution in [0.1, 0.15) is 36.2 Å². The van der Waals surface area contributed by atoms with E-state index < -0.39 is 11.7 Å². The fourth-order valence-corrected chi connectivity index (χ4v) is 3.46. The van der Waals surface area contributed by atoms with Gasteiger partial charge in [-0.3, -0.25) is 9.59 Å². The average molecular weight is 479 g/mol. The standard InChI is InChI=1S/C22H24BrFN2O4/c1-22(2,14-3-6-18-19(11-14)30-10-9-29-18)13-26-20(27)7-8-25-21(28)16-12-15(24)4-5-17(16)23/h3-6,11-12H,7-10,13H2,1-2H3,(H,25,28)(H,26,27). The van der Waals surface area contributed by atoms with E-state index in [0.29, 0.717) is 30.0 Å². The van der Waals surface area contributed by atoms with Crippen molar-refractivity contribution in [3.05, 3.63) is 57.8 Å². The molecule has 0 atom stereocenters. The normalized spacial score (nSPS) is 12.9. The summed E-state index contributed by atoms with van der Waals surface area (Å²) in [5.41, 5.74) is 0.896. The van der Waals surface area contributed by atoms with Gasteiger partial charge in [0.15, 0.2) is 11.5 Å². The van der Waals surface area contributed by atoms with E-state index in [0.717, 1.165) is 17.4 Å². The van der Waals surface area contributed by atoms with Crippen LogP contribution in [0.25, 0.3) is 0 Å². The van der Waals surface area contributed by atoms with Gasteiger partial charge in [0, 0.05) is 29.4 Å². The lowest BCUT2D eigenvalue weighted by Crippen LogP contribution is -2.38. The van der Waals surface area contributed by atoms with E-state index in [1.807, 2.05) is 32.0 Å². The Kier molecular flexibility index (Phi) is 6.97. The van der Waals surface area contributed by atoms with Gasteiger partial charge in [0.25, 0.3) is 5.91 Å². The number of nitrogens with one attached hydrogen (secondary N) is 2. The highest BCUT2D eigenvalue weighted by Crippen LogP contribution is 2.34. The maximum atomic E-state index is 13.3. The molecule has 0 aliphatic carbocycles. The number of rotatable bonds is 7. The zero-order chi connectivity index (χ0) is 21.7. The van der Waals surface area contributed by atoms with E-state index in [1.54, 1.807) is 0 Å². The van der Waals surface area contributed by atoms with E-state index in [1.165, 1.54) is 12.1 Å². The molecule has 0 aromatic heterocycles. The number of carbonyl (C=O) groups is 2. The van der Waals surface area contributed by atoms with Crippen molar-refractivity contribution >= 4 is 27.7 Å². The van der Waals surface area contributed by atoms with E-state index in [-0.39, 0.29) is 29.9 Å². The van der Waals surface area contributed by atoms with Crippen LogP contribution >= 0.6 is 15.9 Å². The Bertz CT molecular complexity index is 949. The molecule has 2 N–H and O–H groups in total. The molecule has 1 aliphatic heterocycles. The molecule has 2 aromatic rings. The minimum Gasteiger partial charge on any atom is -0.486 e. The number of benzene rings is 2. The van der Waals surface area contributed by atoms with Crippen molar-refractivity contribution in [1.29, 1.82) is 0 Å². The molecular formula is C22H24BrFN2O4. The Morgan fingerprint density at radius 1 is 1.07 bits per heavy atom. The molecule has 0 radical (unpaired) electrons. The molecule has 0 fully saturated rings. The molecule has 1 aliphatic rings. The lowest BCUT2D eigenvalue weighted by atomic mass is 9.84. The summed E-state index contributed by atoms with van der Waals surface area (Å²) in [6, 6.07) is 9.67. The van der Waals surface area contributed by atoms with Crippen molar-refractivity contribution in [2.45, 2.75) is 25.7 Å². The van der Waals surface area contributed by atoms with E-state index in [2.05, 4.69) is 26.6 Å². The number of ether oxygens (including phenoxy) is 2. The Hall–Kier alpha value is -2.61. The molecule has 0 spiro atoms. The van der Waals surface area contributed by atoms with Crippen LogP contribution in [0.5, 0.6) is 11.5 Å². The van der Waals surface area contributed by atoms with Crippen LogP contribution in [0.2, 0.25) is 0 Å². The molecule has 6 nitrogen and oxygen atoms in total. The summed E-state index contributed by atoms with van der Waals surface area (Å²) in [5.74, 6) is 0.322. The minimum atomic E-state index is -0.498. The summed E-state index contributed by atoms with van der Waals surface area (Å²) in [4.78, 5) is 24.4. The number of halogens is 2. The quantitative estimate of drug-likeness (QED) is 0.637. The Labute approximate surface area is 183 Å². The molecule has 3 rings (SSSR count). The Balaban J connectivity index is 1.48. The van der Waals surface area contributed by atoms with Crippen LogP contribution in [-0.2, 0) is 10.2 Å². The van der Waals surface area contributed by atoms with Gasteiger partial charge in [-0.1, -0.05) is 19.9 Å². The molecule has 0 bridgehead atoms. The molecule has 2 aromatic carbocycles. The number of carbonyl (C=O) groups excluding carboxylic acids is 2. The predicted octanol–water partition coefficient (Wildman–Crippen LogP) is 3.57. The topological polar surface area (TPSA) is 76.7 Å². The van der Waals surface area contributed by atoms with E-state index >= 15 is 0 Å². The maximum absolute atomic E-state index is 13.3. The van der Waals surface area contributed by atoms with Crippen LogP contribution in [-0.4, -0.2) is 38.1 Å². The van der Waals surface area contributed by atoms with E-state index in [9.17, 15) is 14.0 Å². The van der Waals surface area contributed by atoms with Crippen LogP contribution in [0.3, 0.4) is 0 Å². The molecule has 2 amide bonds. The second-order valence-electron chi connectivity index (χ2n) is 7.65. The monoisotopic (exact) mass is 478 g/mol. The SMILES string of the molecule is CC(C)(CNC(=O)CCNC(=O)c1cc(F)ccc1Br)c1ccc2c(c1)OCCO2. The summed E-state index contributed by atoms with van der Waals surface area (Å²) >= 11 is 3.22. The maximum Gasteiger partial charge on any atom is 0.252 e. The smallest absolute Gasteiger partial charge is 0.252 e. The van der Waals surface area contributed by atoms with Crippen molar-refractivity contribution < 1.29 is 23.5 Å². The third kappa shape index (κ3) is 5.50. The van der Waals surface area contributed by atoms with Crippen LogP contribution < -0.4 is 20.1 Å². The number of hydrogen-bond donors (Lipinski definition) is 2. The van der Waals surface area contributed by atoms with Crippen LogP contribution in [0, 0.1) is 5.82 Å². The average Bonchev–Trinajstić information content (AvgIpc) is 2.73. The first-order chi connectivity index (χ1) is 14.3. The van der Waals surface area contributed by atoms with Crippen molar-refractivity contribution in [3.63, 3.8) is 0 Å². The highest BCUT2D eigenvalue weighted by atomic mass is 79.9. The van der Waals surface area contributed by atoms with Gasteiger partial charge < -0.3 is 20.1 Å². The van der Waals surface area contributed by atoms with Crippen molar-refractivity contribution in [1.82, 2.24) is 10.6 Å². The van der Waals surface area contributed by atoms with Gasteiger partial charge >= 0.3 is 0 Å². The van der Waals surface area contributed by atoms with Gasteiger partial charge in [0.05, 0.1) is 5.56 Å². The molecule has 0 saturated carbocycles. The zero-order valence-corrected chi connectivity index (χ0v) is 18.5. The lowest BCUT2D eigenvalue weighted by molar-refractivity contribution is -0.121. The summed E-state index contributed by atoms with van der Waals surface area (Å²) in [7, 11) is 0. The zero-order valence-electron chi connectivity index (χ0n) is 16.9. The number of fused-ring (bicyclic) bond motifs is 1. The molecule has 30 heavy (non-hydrogen) atoms. The summed E-state index contributed by atoms with van der Waals surface area (Å²) in [6.45, 7) is 5.70. The Morgan fingerprint density at radius 2 is 1.80 bits per heavy atom. The summed E-state index contributed by atoms with van der Waals surface area (Å²) in [5, 5.41) is 5.54. The second kappa shape index (κ2) is 9.47. The van der Waals surface area contributed by atoms with Crippen molar-refractivity contribution in [2.75, 3.05) is 26.3 Å². The minimum absolute atomic E-state index is 0.121. The largest absolute Gasteiger partial charge is 0.486 e. The third-order valence-corrected chi connectivity index (χ3v) is 5.55. The van der Waals surface area contributed by atoms with E-state index in [4.69, 9.17) is 9.47 Å². The van der Waals surface area contributed by atoms with Gasteiger partial charge in [0.2, 0.25) is 5.91 Å². The molecule has 0 saturated heterocycles. The first-order valence-electron chi connectivity index (χ1n) is 9.66. The fraction of sp³-hybridized carbons (Fsp3) is 0.364. The summed E-state index contributed by atoms with van der Waals surface area (Å²) in [6.07, 6.45) is 0.121. The second-order valence-corrected chi connectivity index (χ2v) is 8.50. The molecule has 8 heteroatoms. The van der Waals surface area contributed by atoms with Gasteiger partial charge in [0.1, 0.15) is 19.0 Å². The van der Waals surface area contributed by atoms with Gasteiger partial charge in [-0.15, -0.1) is 0 Å². The Morgan fingerprint density at radius 3 is 2.57 bits per heavy atom. The fourth-order valence-electron chi connectivity index (χ4n) is 3.03. The molecule has 0 unspecified atom stereocenters. The predicted molar refractivity (Wildman–Crippen MR) is 115 cm³/mol. The molecular weight excluding hydrogens is 455 g/mol. The van der Waals surface area contributed by atoms with Gasteiger partial charge in [-0.2, -0.15) is 0 Å². The highest BCUT2D eigenvalue weighted by Gasteiger charge is 2.24. The molecule has 1 heterocycles. The lowest BCUT2D eigenvalue weighted by Gasteiger charge is -2.28. The van der Waals surface area contributed by atoms with Crippen LogP contribution in [0.15, 0.2) is 40.9 Å². The van der Waals surface area contributed by atoms with Crippen molar-refractivity contribution in [2.24, 2.45) is 0 Å². The van der Waals surface area contributed by atoms with Crippen molar-refractivity contribution in [3.8, 4) is 11.5 Å². The van der Waals surface area contributed by atoms with Gasteiger partial charge in [-0.25, -0.2) is 4.39 Å².